The molecular weight excluding hydrogens is 152 g/mol. The maximum Gasteiger partial charge on any atom is 0.219 e. The summed E-state index contributed by atoms with van der Waals surface area (Å²) in [5.41, 5.74) is 5.61. The number of hydrogen-bond donors (Lipinski definition) is 1. The van der Waals surface area contributed by atoms with Gasteiger partial charge in [0, 0.05) is 20.0 Å². The van der Waals surface area contributed by atoms with Crippen LogP contribution in [0.4, 0.5) is 0 Å². The molecule has 1 saturated heterocycles. The first-order chi connectivity index (χ1) is 5.65. The number of rotatable bonds is 1. The molecule has 1 aliphatic rings. The number of amides is 1. The van der Waals surface area contributed by atoms with Crippen LogP contribution in [0.3, 0.4) is 0 Å². The lowest BCUT2D eigenvalue weighted by Crippen LogP contribution is -2.43. The average molecular weight is 170 g/mol. The molecule has 1 heterocycles. The number of piperidine rings is 1. The molecule has 0 aromatic heterocycles. The van der Waals surface area contributed by atoms with Gasteiger partial charge in [-0.2, -0.15) is 0 Å². The van der Waals surface area contributed by atoms with Crippen molar-refractivity contribution in [1.82, 2.24) is 4.90 Å². The highest BCUT2D eigenvalue weighted by atomic mass is 16.2. The fourth-order valence-electron chi connectivity index (χ4n) is 1.83. The minimum atomic E-state index is 0.192. The Balaban J connectivity index is 2.46. The summed E-state index contributed by atoms with van der Waals surface area (Å²) >= 11 is 0. The van der Waals surface area contributed by atoms with Crippen LogP contribution in [0.15, 0.2) is 0 Å². The van der Waals surface area contributed by atoms with Crippen molar-refractivity contribution < 1.29 is 4.79 Å². The number of nitrogens with two attached hydrogens (primary N) is 1. The van der Waals surface area contributed by atoms with E-state index in [0.29, 0.717) is 11.8 Å². The standard InChI is InChI=1S/C9H18N2O/c1-7-6-11(8(2)12)4-3-9(7)5-10/h7,9H,3-6,10H2,1-2H3. The quantitative estimate of drug-likeness (QED) is 0.621. The van der Waals surface area contributed by atoms with Crippen molar-refractivity contribution in [2.75, 3.05) is 19.6 Å². The minimum Gasteiger partial charge on any atom is -0.343 e. The summed E-state index contributed by atoms with van der Waals surface area (Å²) in [4.78, 5) is 12.9. The summed E-state index contributed by atoms with van der Waals surface area (Å²) in [6.07, 6.45) is 1.07. The molecule has 0 bridgehead atoms. The molecular formula is C9H18N2O. The lowest BCUT2D eigenvalue weighted by Gasteiger charge is -2.35. The molecule has 0 aromatic rings. The van der Waals surface area contributed by atoms with Crippen LogP contribution in [0.2, 0.25) is 0 Å². The first-order valence-corrected chi connectivity index (χ1v) is 4.60. The van der Waals surface area contributed by atoms with Crippen LogP contribution in [-0.4, -0.2) is 30.4 Å². The Morgan fingerprint density at radius 1 is 1.67 bits per heavy atom. The maximum atomic E-state index is 11.0. The Bertz CT molecular complexity index is 170. The third-order valence-electron chi connectivity index (χ3n) is 2.83. The van der Waals surface area contributed by atoms with Gasteiger partial charge in [0.15, 0.2) is 0 Å². The molecule has 2 N–H and O–H groups in total. The van der Waals surface area contributed by atoms with Crippen LogP contribution < -0.4 is 5.73 Å². The van der Waals surface area contributed by atoms with Gasteiger partial charge in [-0.3, -0.25) is 4.79 Å². The van der Waals surface area contributed by atoms with Gasteiger partial charge in [-0.05, 0) is 24.8 Å². The number of hydrogen-bond acceptors (Lipinski definition) is 2. The Morgan fingerprint density at radius 3 is 2.75 bits per heavy atom. The summed E-state index contributed by atoms with van der Waals surface area (Å²) in [5, 5.41) is 0. The molecule has 1 rings (SSSR count). The molecule has 1 aliphatic heterocycles. The largest absolute Gasteiger partial charge is 0.343 e. The van der Waals surface area contributed by atoms with Gasteiger partial charge < -0.3 is 10.6 Å². The molecule has 0 radical (unpaired) electrons. The zero-order valence-electron chi connectivity index (χ0n) is 7.92. The first-order valence-electron chi connectivity index (χ1n) is 4.60. The van der Waals surface area contributed by atoms with Crippen LogP contribution in [0.1, 0.15) is 20.3 Å². The van der Waals surface area contributed by atoms with Gasteiger partial charge >= 0.3 is 0 Å². The molecule has 1 amide bonds. The minimum absolute atomic E-state index is 0.192. The van der Waals surface area contributed by atoms with E-state index >= 15 is 0 Å². The van der Waals surface area contributed by atoms with Crippen molar-refractivity contribution in [3.8, 4) is 0 Å². The zero-order valence-corrected chi connectivity index (χ0v) is 7.92. The van der Waals surface area contributed by atoms with Crippen LogP contribution in [0.25, 0.3) is 0 Å². The Labute approximate surface area is 73.9 Å². The van der Waals surface area contributed by atoms with Gasteiger partial charge in [-0.25, -0.2) is 0 Å². The van der Waals surface area contributed by atoms with Gasteiger partial charge in [0.05, 0.1) is 0 Å². The Morgan fingerprint density at radius 2 is 2.33 bits per heavy atom. The van der Waals surface area contributed by atoms with Crippen molar-refractivity contribution in [3.05, 3.63) is 0 Å². The van der Waals surface area contributed by atoms with E-state index in [2.05, 4.69) is 6.92 Å². The number of carbonyl (C=O) groups excluding carboxylic acids is 1. The van der Waals surface area contributed by atoms with Crippen molar-refractivity contribution in [2.45, 2.75) is 20.3 Å². The third-order valence-corrected chi connectivity index (χ3v) is 2.83. The van der Waals surface area contributed by atoms with Crippen molar-refractivity contribution in [3.63, 3.8) is 0 Å². The Kier molecular flexibility index (Phi) is 3.09. The molecule has 1 fully saturated rings. The zero-order chi connectivity index (χ0) is 9.14. The predicted octanol–water partition coefficient (Wildman–Crippen LogP) is 0.450. The van der Waals surface area contributed by atoms with E-state index in [0.717, 1.165) is 26.1 Å². The molecule has 3 heteroatoms. The summed E-state index contributed by atoms with van der Waals surface area (Å²) in [7, 11) is 0. The summed E-state index contributed by atoms with van der Waals surface area (Å²) < 4.78 is 0. The molecule has 2 atom stereocenters. The van der Waals surface area contributed by atoms with Crippen LogP contribution in [0, 0.1) is 11.8 Å². The topological polar surface area (TPSA) is 46.3 Å². The van der Waals surface area contributed by atoms with E-state index in [-0.39, 0.29) is 5.91 Å². The second kappa shape index (κ2) is 3.90. The summed E-state index contributed by atoms with van der Waals surface area (Å²) in [6.45, 7) is 6.34. The van der Waals surface area contributed by atoms with Crippen molar-refractivity contribution in [1.29, 1.82) is 0 Å². The van der Waals surface area contributed by atoms with E-state index in [1.165, 1.54) is 0 Å². The second-order valence-corrected chi connectivity index (χ2v) is 3.73. The fourth-order valence-corrected chi connectivity index (χ4v) is 1.83. The van der Waals surface area contributed by atoms with Gasteiger partial charge in [0.25, 0.3) is 0 Å². The lowest BCUT2D eigenvalue weighted by molar-refractivity contribution is -0.131. The van der Waals surface area contributed by atoms with E-state index in [1.807, 2.05) is 4.90 Å². The summed E-state index contributed by atoms with van der Waals surface area (Å²) in [5.74, 6) is 1.37. The van der Waals surface area contributed by atoms with Crippen LogP contribution >= 0.6 is 0 Å². The number of carbonyl (C=O) groups is 1. The highest BCUT2D eigenvalue weighted by Crippen LogP contribution is 2.21. The Hall–Kier alpha value is -0.570. The van der Waals surface area contributed by atoms with E-state index in [1.54, 1.807) is 6.92 Å². The van der Waals surface area contributed by atoms with Crippen molar-refractivity contribution in [2.24, 2.45) is 17.6 Å². The molecule has 0 spiro atoms. The maximum absolute atomic E-state index is 11.0. The molecule has 0 saturated carbocycles. The van der Waals surface area contributed by atoms with Gasteiger partial charge in [-0.15, -0.1) is 0 Å². The smallest absolute Gasteiger partial charge is 0.219 e. The average Bonchev–Trinajstić information content (AvgIpc) is 2.04. The van der Waals surface area contributed by atoms with Gasteiger partial charge in [0.2, 0.25) is 5.91 Å². The van der Waals surface area contributed by atoms with E-state index < -0.39 is 0 Å². The number of likely N-dealkylation sites (tertiary alicyclic amines) is 1. The molecule has 3 nitrogen and oxygen atoms in total. The van der Waals surface area contributed by atoms with Crippen molar-refractivity contribution >= 4 is 5.91 Å². The first kappa shape index (κ1) is 9.52. The lowest BCUT2D eigenvalue weighted by atomic mass is 9.87. The fraction of sp³-hybridized carbons (Fsp3) is 0.889. The molecule has 2 unspecified atom stereocenters. The van der Waals surface area contributed by atoms with Gasteiger partial charge in [-0.1, -0.05) is 6.92 Å². The molecule has 0 aliphatic carbocycles. The van der Waals surface area contributed by atoms with E-state index in [9.17, 15) is 4.79 Å². The third kappa shape index (κ3) is 1.97. The summed E-state index contributed by atoms with van der Waals surface area (Å²) in [6, 6.07) is 0. The molecule has 70 valence electrons. The number of nitrogens with zero attached hydrogens (tertiary/aromatic N) is 1. The van der Waals surface area contributed by atoms with E-state index in [4.69, 9.17) is 5.73 Å². The van der Waals surface area contributed by atoms with Gasteiger partial charge in [0.1, 0.15) is 0 Å². The highest BCUT2D eigenvalue weighted by Gasteiger charge is 2.25. The highest BCUT2D eigenvalue weighted by molar-refractivity contribution is 5.73. The SMILES string of the molecule is CC(=O)N1CCC(CN)C(C)C1. The predicted molar refractivity (Wildman–Crippen MR) is 48.6 cm³/mol. The molecule has 12 heavy (non-hydrogen) atoms. The molecule has 0 aromatic carbocycles. The second-order valence-electron chi connectivity index (χ2n) is 3.73. The van der Waals surface area contributed by atoms with Crippen LogP contribution in [-0.2, 0) is 4.79 Å². The monoisotopic (exact) mass is 170 g/mol. The van der Waals surface area contributed by atoms with Crippen LogP contribution in [0.5, 0.6) is 0 Å². The normalized spacial score (nSPS) is 30.4.